The van der Waals surface area contributed by atoms with Gasteiger partial charge in [0.1, 0.15) is 11.3 Å². The van der Waals surface area contributed by atoms with Crippen LogP contribution < -0.4 is 4.72 Å². The lowest BCUT2D eigenvalue weighted by molar-refractivity contribution is 0.0597. The van der Waals surface area contributed by atoms with Gasteiger partial charge in [0.05, 0.1) is 18.6 Å². The number of sulfonamides is 1. The monoisotopic (exact) mass is 397 g/mol. The Morgan fingerprint density at radius 2 is 1.61 bits per heavy atom. The predicted octanol–water partition coefficient (Wildman–Crippen LogP) is 3.79. The molecule has 28 heavy (non-hydrogen) atoms. The third-order valence-electron chi connectivity index (χ3n) is 4.09. The van der Waals surface area contributed by atoms with Crippen LogP contribution in [0.3, 0.4) is 0 Å². The minimum absolute atomic E-state index is 0.0399. The molecule has 7 heteroatoms. The zero-order valence-electron chi connectivity index (χ0n) is 15.1. The molecule has 0 atom stereocenters. The minimum atomic E-state index is -3.70. The summed E-state index contributed by atoms with van der Waals surface area (Å²) < 4.78 is 31.8. The van der Waals surface area contributed by atoms with E-state index in [1.807, 2.05) is 42.5 Å². The molecular formula is C21H19NO5S. The fourth-order valence-electron chi connectivity index (χ4n) is 2.74. The molecule has 0 saturated carbocycles. The third-order valence-corrected chi connectivity index (χ3v) is 5.35. The molecule has 0 spiro atoms. The van der Waals surface area contributed by atoms with E-state index in [4.69, 9.17) is 0 Å². The molecule has 0 aromatic heterocycles. The second-order valence-corrected chi connectivity index (χ2v) is 7.87. The maximum absolute atomic E-state index is 12.4. The minimum Gasteiger partial charge on any atom is -0.507 e. The fraction of sp³-hybridized carbons (Fsp3) is 0.0952. The molecule has 0 radical (unpaired) electrons. The van der Waals surface area contributed by atoms with E-state index in [2.05, 4.69) is 9.46 Å². The molecule has 0 bridgehead atoms. The number of hydrogen-bond acceptors (Lipinski definition) is 5. The van der Waals surface area contributed by atoms with Gasteiger partial charge in [0.25, 0.3) is 0 Å². The molecule has 0 aliphatic carbocycles. The number of anilines is 1. The Labute approximate surface area is 163 Å². The van der Waals surface area contributed by atoms with E-state index in [1.165, 1.54) is 25.3 Å². The number of methoxy groups -OCH3 is 1. The van der Waals surface area contributed by atoms with Crippen LogP contribution >= 0.6 is 0 Å². The van der Waals surface area contributed by atoms with Crippen LogP contribution in [0.5, 0.6) is 5.75 Å². The highest BCUT2D eigenvalue weighted by Crippen LogP contribution is 2.24. The number of hydrogen-bond donors (Lipinski definition) is 2. The van der Waals surface area contributed by atoms with Crippen molar-refractivity contribution < 1.29 is 23.1 Å². The summed E-state index contributed by atoms with van der Waals surface area (Å²) in [6, 6.07) is 20.9. The van der Waals surface area contributed by atoms with Gasteiger partial charge in [0.15, 0.2) is 0 Å². The summed E-state index contributed by atoms with van der Waals surface area (Å²) in [4.78, 5) is 11.5. The Balaban J connectivity index is 1.72. The zero-order chi connectivity index (χ0) is 20.1. The molecule has 144 valence electrons. The van der Waals surface area contributed by atoms with Gasteiger partial charge in [-0.05, 0) is 28.8 Å². The molecule has 3 rings (SSSR count). The highest BCUT2D eigenvalue weighted by Gasteiger charge is 2.16. The first-order valence-electron chi connectivity index (χ1n) is 8.44. The molecule has 3 aromatic rings. The molecule has 0 fully saturated rings. The van der Waals surface area contributed by atoms with Crippen molar-refractivity contribution >= 4 is 21.7 Å². The summed E-state index contributed by atoms with van der Waals surface area (Å²) >= 11 is 0. The fourth-order valence-corrected chi connectivity index (χ4v) is 3.93. The molecule has 0 amide bonds. The van der Waals surface area contributed by atoms with Crippen LogP contribution in [-0.2, 0) is 20.5 Å². The van der Waals surface area contributed by atoms with Gasteiger partial charge in [-0.3, -0.25) is 4.72 Å². The summed E-state index contributed by atoms with van der Waals surface area (Å²) in [7, 11) is -2.50. The van der Waals surface area contributed by atoms with Crippen LogP contribution in [0, 0.1) is 0 Å². The second kappa shape index (κ2) is 8.14. The van der Waals surface area contributed by atoms with Crippen LogP contribution in [0.4, 0.5) is 5.69 Å². The normalized spacial score (nSPS) is 11.0. The van der Waals surface area contributed by atoms with E-state index in [0.717, 1.165) is 11.1 Å². The van der Waals surface area contributed by atoms with E-state index in [9.17, 15) is 18.3 Å². The van der Waals surface area contributed by atoms with Gasteiger partial charge in [-0.1, -0.05) is 54.6 Å². The van der Waals surface area contributed by atoms with Crippen molar-refractivity contribution in [3.05, 3.63) is 83.9 Å². The third kappa shape index (κ3) is 4.69. The Morgan fingerprint density at radius 1 is 0.964 bits per heavy atom. The molecule has 0 unspecified atom stereocenters. The van der Waals surface area contributed by atoms with Crippen molar-refractivity contribution in [1.29, 1.82) is 0 Å². The first kappa shape index (κ1) is 19.4. The zero-order valence-corrected chi connectivity index (χ0v) is 15.9. The predicted molar refractivity (Wildman–Crippen MR) is 108 cm³/mol. The Bertz CT molecular complexity index is 1080. The van der Waals surface area contributed by atoms with Crippen LogP contribution in [-0.4, -0.2) is 26.6 Å². The Morgan fingerprint density at radius 3 is 2.21 bits per heavy atom. The van der Waals surface area contributed by atoms with Gasteiger partial charge >= 0.3 is 5.97 Å². The maximum atomic E-state index is 12.4. The summed E-state index contributed by atoms with van der Waals surface area (Å²) in [5.41, 5.74) is 2.80. The van der Waals surface area contributed by atoms with Gasteiger partial charge in [-0.25, -0.2) is 13.2 Å². The van der Waals surface area contributed by atoms with Gasteiger partial charge in [-0.2, -0.15) is 0 Å². The van der Waals surface area contributed by atoms with Gasteiger partial charge < -0.3 is 9.84 Å². The molecular weight excluding hydrogens is 378 g/mol. The van der Waals surface area contributed by atoms with Gasteiger partial charge in [0.2, 0.25) is 10.0 Å². The van der Waals surface area contributed by atoms with E-state index in [0.29, 0.717) is 5.56 Å². The number of phenols is 1. The topological polar surface area (TPSA) is 92.7 Å². The van der Waals surface area contributed by atoms with Crippen molar-refractivity contribution in [2.45, 2.75) is 5.75 Å². The van der Waals surface area contributed by atoms with Crippen molar-refractivity contribution in [2.75, 3.05) is 11.8 Å². The molecule has 2 N–H and O–H groups in total. The molecule has 0 aliphatic heterocycles. The van der Waals surface area contributed by atoms with E-state index in [-0.39, 0.29) is 22.8 Å². The second-order valence-electron chi connectivity index (χ2n) is 6.15. The Kier molecular flexibility index (Phi) is 5.65. The molecule has 0 saturated heterocycles. The molecule has 0 aliphatic rings. The van der Waals surface area contributed by atoms with Crippen LogP contribution in [0.25, 0.3) is 11.1 Å². The number of phenolic OH excluding ortho intramolecular Hbond substituents is 1. The highest BCUT2D eigenvalue weighted by molar-refractivity contribution is 7.91. The van der Waals surface area contributed by atoms with E-state index in [1.54, 1.807) is 12.1 Å². The van der Waals surface area contributed by atoms with E-state index >= 15 is 0 Å². The largest absolute Gasteiger partial charge is 0.507 e. The van der Waals surface area contributed by atoms with Crippen LogP contribution in [0.1, 0.15) is 15.9 Å². The lowest BCUT2D eigenvalue weighted by Crippen LogP contribution is -2.15. The van der Waals surface area contributed by atoms with Crippen molar-refractivity contribution in [2.24, 2.45) is 0 Å². The average Bonchev–Trinajstić information content (AvgIpc) is 2.68. The van der Waals surface area contributed by atoms with Crippen LogP contribution in [0.15, 0.2) is 72.8 Å². The number of nitrogens with one attached hydrogen (secondary N) is 1. The number of ether oxygens (including phenoxy) is 1. The molecule has 3 aromatic carbocycles. The van der Waals surface area contributed by atoms with Crippen molar-refractivity contribution in [3.63, 3.8) is 0 Å². The number of aromatic hydroxyl groups is 1. The molecule has 0 heterocycles. The number of carbonyl (C=O) groups excluding carboxylic acids is 1. The van der Waals surface area contributed by atoms with Gasteiger partial charge in [0, 0.05) is 6.07 Å². The number of carbonyl (C=O) groups is 1. The Hall–Kier alpha value is -3.32. The molecule has 6 nitrogen and oxygen atoms in total. The lowest BCUT2D eigenvalue weighted by atomic mass is 10.0. The van der Waals surface area contributed by atoms with E-state index < -0.39 is 16.0 Å². The SMILES string of the molecule is COC(=O)c1ccc(NS(=O)(=O)Cc2ccc(-c3ccccc3)cc2)cc1O. The smallest absolute Gasteiger partial charge is 0.341 e. The number of rotatable bonds is 6. The maximum Gasteiger partial charge on any atom is 0.341 e. The summed E-state index contributed by atoms with van der Waals surface area (Å²) in [5, 5.41) is 9.88. The first-order chi connectivity index (χ1) is 13.4. The average molecular weight is 397 g/mol. The number of esters is 1. The van der Waals surface area contributed by atoms with Gasteiger partial charge in [-0.15, -0.1) is 0 Å². The highest BCUT2D eigenvalue weighted by atomic mass is 32.2. The van der Waals surface area contributed by atoms with Crippen LogP contribution in [0.2, 0.25) is 0 Å². The summed E-state index contributed by atoms with van der Waals surface area (Å²) in [6.07, 6.45) is 0. The lowest BCUT2D eigenvalue weighted by Gasteiger charge is -2.10. The first-order valence-corrected chi connectivity index (χ1v) is 10.1. The summed E-state index contributed by atoms with van der Waals surface area (Å²) in [5.74, 6) is -1.29. The standard InChI is InChI=1S/C21H19NO5S/c1-27-21(24)19-12-11-18(13-20(19)23)22-28(25,26)14-15-7-9-17(10-8-15)16-5-3-2-4-6-16/h2-13,22-23H,14H2,1H3. The quantitative estimate of drug-likeness (QED) is 0.618. The number of benzene rings is 3. The van der Waals surface area contributed by atoms with Crippen molar-refractivity contribution in [1.82, 2.24) is 0 Å². The summed E-state index contributed by atoms with van der Waals surface area (Å²) in [6.45, 7) is 0. The van der Waals surface area contributed by atoms with Crippen molar-refractivity contribution in [3.8, 4) is 16.9 Å².